The molecule has 2 amide bonds. The summed E-state index contributed by atoms with van der Waals surface area (Å²) in [6.07, 6.45) is 1.68. The van der Waals surface area contributed by atoms with Crippen molar-refractivity contribution in [3.05, 3.63) is 41.7 Å². The van der Waals surface area contributed by atoms with E-state index in [1.54, 1.807) is 30.3 Å². The lowest BCUT2D eigenvalue weighted by Gasteiger charge is -2.33. The Morgan fingerprint density at radius 3 is 2.67 bits per heavy atom. The quantitative estimate of drug-likeness (QED) is 0.727. The number of hydrogen-bond donors (Lipinski definition) is 1. The summed E-state index contributed by atoms with van der Waals surface area (Å²) < 4.78 is 11.0. The van der Waals surface area contributed by atoms with Crippen molar-refractivity contribution in [2.45, 2.75) is 12.5 Å². The number of anilines is 1. The first kappa shape index (κ1) is 21.7. The number of aromatic nitrogens is 2. The molecule has 1 aromatic carbocycles. The number of morpholine rings is 1. The van der Waals surface area contributed by atoms with Crippen LogP contribution in [-0.4, -0.2) is 74.2 Å². The van der Waals surface area contributed by atoms with Gasteiger partial charge in [-0.2, -0.15) is 0 Å². The number of rotatable bonds is 7. The normalized spacial score (nSPS) is 16.4. The van der Waals surface area contributed by atoms with Gasteiger partial charge >= 0.3 is 0 Å². The van der Waals surface area contributed by atoms with E-state index in [1.807, 2.05) is 31.1 Å². The summed E-state index contributed by atoms with van der Waals surface area (Å²) >= 11 is 0. The van der Waals surface area contributed by atoms with Gasteiger partial charge in [0.05, 0.1) is 31.9 Å². The van der Waals surface area contributed by atoms with Crippen molar-refractivity contribution >= 4 is 17.8 Å². The predicted molar refractivity (Wildman–Crippen MR) is 112 cm³/mol. The van der Waals surface area contributed by atoms with Crippen molar-refractivity contribution in [1.82, 2.24) is 14.9 Å². The number of carbonyl (C=O) groups excluding carboxylic acids is 2. The third-order valence-corrected chi connectivity index (χ3v) is 4.93. The van der Waals surface area contributed by atoms with Crippen LogP contribution in [0.3, 0.4) is 0 Å². The zero-order chi connectivity index (χ0) is 21.7. The predicted octanol–water partition coefficient (Wildman–Crippen LogP) is 1.24. The lowest BCUT2D eigenvalue weighted by molar-refractivity contribution is -0.140. The van der Waals surface area contributed by atoms with Gasteiger partial charge in [0.15, 0.2) is 0 Å². The third kappa shape index (κ3) is 4.92. The molecule has 1 fully saturated rings. The number of hydrogen-bond acceptors (Lipinski definition) is 7. The molecule has 2 heterocycles. The van der Waals surface area contributed by atoms with Crippen LogP contribution < -0.4 is 10.6 Å². The van der Waals surface area contributed by atoms with Gasteiger partial charge in [0.25, 0.3) is 0 Å². The average Bonchev–Trinajstić information content (AvgIpc) is 2.77. The molecule has 1 atom stereocenters. The van der Waals surface area contributed by atoms with Crippen LogP contribution >= 0.6 is 0 Å². The summed E-state index contributed by atoms with van der Waals surface area (Å²) in [5.74, 6) is 0.0927. The Labute approximate surface area is 175 Å². The first-order chi connectivity index (χ1) is 14.4. The summed E-state index contributed by atoms with van der Waals surface area (Å²) in [7, 11) is 5.31. The molecule has 0 saturated carbocycles. The van der Waals surface area contributed by atoms with E-state index in [9.17, 15) is 9.59 Å². The highest BCUT2D eigenvalue weighted by Gasteiger charge is 2.29. The molecular weight excluding hydrogens is 386 g/mol. The average molecular weight is 413 g/mol. The molecule has 30 heavy (non-hydrogen) atoms. The number of nitrogens with two attached hydrogens (primary N) is 1. The maximum absolute atomic E-state index is 12.5. The van der Waals surface area contributed by atoms with E-state index in [0.29, 0.717) is 49.9 Å². The van der Waals surface area contributed by atoms with Crippen LogP contribution in [0, 0.1) is 0 Å². The van der Waals surface area contributed by atoms with Gasteiger partial charge in [-0.25, -0.2) is 9.97 Å². The van der Waals surface area contributed by atoms with Gasteiger partial charge in [-0.05, 0) is 17.7 Å². The number of ether oxygens (including phenoxy) is 2. The van der Waals surface area contributed by atoms with Crippen molar-refractivity contribution in [1.29, 1.82) is 0 Å². The third-order valence-electron chi connectivity index (χ3n) is 4.93. The molecular formula is C21H27N5O4. The maximum atomic E-state index is 12.5. The van der Waals surface area contributed by atoms with Crippen LogP contribution in [0.1, 0.15) is 28.6 Å². The van der Waals surface area contributed by atoms with E-state index in [1.165, 1.54) is 0 Å². The maximum Gasteiger partial charge on any atom is 0.248 e. The Balaban J connectivity index is 1.94. The fourth-order valence-electron chi connectivity index (χ4n) is 3.27. The molecule has 9 heteroatoms. The molecule has 1 aliphatic heterocycles. The molecule has 1 aliphatic rings. The van der Waals surface area contributed by atoms with Gasteiger partial charge in [0.1, 0.15) is 6.10 Å². The zero-order valence-electron chi connectivity index (χ0n) is 17.5. The summed E-state index contributed by atoms with van der Waals surface area (Å²) in [6, 6.07) is 6.96. The minimum Gasteiger partial charge on any atom is -0.384 e. The summed E-state index contributed by atoms with van der Waals surface area (Å²) in [5, 5.41) is 0. The van der Waals surface area contributed by atoms with Crippen LogP contribution in [0.5, 0.6) is 0 Å². The Morgan fingerprint density at radius 1 is 1.30 bits per heavy atom. The highest BCUT2D eigenvalue weighted by molar-refractivity contribution is 5.93. The molecule has 2 N–H and O–H groups in total. The van der Waals surface area contributed by atoms with E-state index < -0.39 is 12.0 Å². The molecule has 0 radical (unpaired) electrons. The van der Waals surface area contributed by atoms with E-state index in [0.717, 1.165) is 11.1 Å². The van der Waals surface area contributed by atoms with Crippen LogP contribution in [0.15, 0.2) is 30.5 Å². The van der Waals surface area contributed by atoms with E-state index in [-0.39, 0.29) is 5.91 Å². The molecule has 0 spiro atoms. The van der Waals surface area contributed by atoms with Crippen molar-refractivity contribution in [3.8, 4) is 11.1 Å². The van der Waals surface area contributed by atoms with Crippen LogP contribution in [0.2, 0.25) is 0 Å². The van der Waals surface area contributed by atoms with Crippen molar-refractivity contribution in [2.75, 3.05) is 52.4 Å². The van der Waals surface area contributed by atoms with Crippen molar-refractivity contribution in [2.24, 2.45) is 5.73 Å². The molecule has 160 valence electrons. The minimum atomic E-state index is -0.484. The molecule has 1 saturated heterocycles. The molecule has 0 bridgehead atoms. The highest BCUT2D eigenvalue weighted by Crippen LogP contribution is 2.31. The Kier molecular flexibility index (Phi) is 6.96. The number of carbonyl (C=O) groups is 2. The van der Waals surface area contributed by atoms with Crippen molar-refractivity contribution < 1.29 is 19.1 Å². The van der Waals surface area contributed by atoms with E-state index in [4.69, 9.17) is 20.2 Å². The number of primary amides is 1. The standard InChI is InChI=1S/C21H27N5O4/c1-25(2)21-23-12-16(14-4-6-15(7-5-14)20(22)28)19(24-21)17-13-26(9-11-30-17)18(27)8-10-29-3/h4-7,12,17H,8-11,13H2,1-3H3,(H2,22,28)/t17-/m1/s1. The van der Waals surface area contributed by atoms with E-state index in [2.05, 4.69) is 4.98 Å². The molecule has 9 nitrogen and oxygen atoms in total. The zero-order valence-corrected chi connectivity index (χ0v) is 17.5. The molecule has 2 aromatic rings. The minimum absolute atomic E-state index is 0.0272. The smallest absolute Gasteiger partial charge is 0.248 e. The van der Waals surface area contributed by atoms with Crippen LogP contribution in [0.25, 0.3) is 11.1 Å². The number of nitrogens with zero attached hydrogens (tertiary/aromatic N) is 4. The van der Waals surface area contributed by atoms with Gasteiger partial charge in [-0.3, -0.25) is 9.59 Å². The molecule has 3 rings (SSSR count). The van der Waals surface area contributed by atoms with Gasteiger partial charge in [0, 0.05) is 45.1 Å². The first-order valence-corrected chi connectivity index (χ1v) is 9.73. The summed E-state index contributed by atoms with van der Waals surface area (Å²) in [5.41, 5.74) is 8.09. The second kappa shape index (κ2) is 9.64. The Bertz CT molecular complexity index is 901. The largest absolute Gasteiger partial charge is 0.384 e. The molecule has 0 unspecified atom stereocenters. The lowest BCUT2D eigenvalue weighted by atomic mass is 10.00. The van der Waals surface area contributed by atoms with Gasteiger partial charge < -0.3 is 25.0 Å². The number of methoxy groups -OCH3 is 1. The van der Waals surface area contributed by atoms with Gasteiger partial charge in [0.2, 0.25) is 17.8 Å². The lowest BCUT2D eigenvalue weighted by Crippen LogP contribution is -2.43. The van der Waals surface area contributed by atoms with E-state index >= 15 is 0 Å². The monoisotopic (exact) mass is 413 g/mol. The van der Waals surface area contributed by atoms with Crippen LogP contribution in [-0.2, 0) is 14.3 Å². The van der Waals surface area contributed by atoms with Crippen LogP contribution in [0.4, 0.5) is 5.95 Å². The number of benzene rings is 1. The van der Waals surface area contributed by atoms with Gasteiger partial charge in [-0.1, -0.05) is 12.1 Å². The fourth-order valence-corrected chi connectivity index (χ4v) is 3.27. The number of amides is 2. The molecule has 0 aliphatic carbocycles. The molecule has 1 aromatic heterocycles. The first-order valence-electron chi connectivity index (χ1n) is 9.73. The fraction of sp³-hybridized carbons (Fsp3) is 0.429. The topological polar surface area (TPSA) is 111 Å². The van der Waals surface area contributed by atoms with Crippen molar-refractivity contribution in [3.63, 3.8) is 0 Å². The highest BCUT2D eigenvalue weighted by atomic mass is 16.5. The SMILES string of the molecule is COCCC(=O)N1CCO[C@@H](c2nc(N(C)C)ncc2-c2ccc(C(N)=O)cc2)C1. The van der Waals surface area contributed by atoms with Gasteiger partial charge in [-0.15, -0.1) is 0 Å². The second-order valence-electron chi connectivity index (χ2n) is 7.25. The Hall–Kier alpha value is -3.04. The second-order valence-corrected chi connectivity index (χ2v) is 7.25. The summed E-state index contributed by atoms with van der Waals surface area (Å²) in [6.45, 7) is 1.74. The Morgan fingerprint density at radius 2 is 2.03 bits per heavy atom. The summed E-state index contributed by atoms with van der Waals surface area (Å²) in [4.78, 5) is 36.6.